The van der Waals surface area contributed by atoms with Crippen molar-refractivity contribution >= 4 is 5.91 Å². The van der Waals surface area contributed by atoms with Crippen molar-refractivity contribution in [3.63, 3.8) is 0 Å². The van der Waals surface area contributed by atoms with Gasteiger partial charge in [0.15, 0.2) is 0 Å². The molecular formula is C14H22N2O3. The van der Waals surface area contributed by atoms with E-state index in [2.05, 4.69) is 0 Å². The normalized spacial score (nSPS) is 11.9. The van der Waals surface area contributed by atoms with Crippen LogP contribution >= 0.6 is 0 Å². The van der Waals surface area contributed by atoms with Gasteiger partial charge in [0.25, 0.3) is 0 Å². The Morgan fingerprint density at radius 3 is 2.21 bits per heavy atom. The molecule has 0 aliphatic rings. The van der Waals surface area contributed by atoms with Gasteiger partial charge in [-0.25, -0.2) is 0 Å². The SMILES string of the molecule is COc1cc(C(N)C(=O)N(C)C)c(OC)c(C)c1C. The molecule has 1 amide bonds. The molecule has 5 nitrogen and oxygen atoms in total. The predicted octanol–water partition coefficient (Wildman–Crippen LogP) is 1.41. The van der Waals surface area contributed by atoms with Crippen LogP contribution in [0.5, 0.6) is 11.5 Å². The van der Waals surface area contributed by atoms with E-state index in [1.165, 1.54) is 4.90 Å². The third-order valence-electron chi connectivity index (χ3n) is 3.29. The molecule has 0 fully saturated rings. The van der Waals surface area contributed by atoms with Gasteiger partial charge in [0.2, 0.25) is 5.91 Å². The molecule has 0 saturated carbocycles. The maximum Gasteiger partial charge on any atom is 0.243 e. The summed E-state index contributed by atoms with van der Waals surface area (Å²) in [4.78, 5) is 13.5. The van der Waals surface area contributed by atoms with Crippen LogP contribution in [0.3, 0.4) is 0 Å². The van der Waals surface area contributed by atoms with Crippen LogP contribution in [0.1, 0.15) is 22.7 Å². The first-order chi connectivity index (χ1) is 8.84. The van der Waals surface area contributed by atoms with Gasteiger partial charge in [-0.3, -0.25) is 4.79 Å². The quantitative estimate of drug-likeness (QED) is 0.895. The predicted molar refractivity (Wildman–Crippen MR) is 74.6 cm³/mol. The van der Waals surface area contributed by atoms with Crippen molar-refractivity contribution in [1.82, 2.24) is 4.90 Å². The highest BCUT2D eigenvalue weighted by Gasteiger charge is 2.24. The number of amides is 1. The summed E-state index contributed by atoms with van der Waals surface area (Å²) in [6, 6.07) is 1.01. The van der Waals surface area contributed by atoms with Gasteiger partial charge in [0.1, 0.15) is 17.5 Å². The first-order valence-corrected chi connectivity index (χ1v) is 6.03. The Balaban J connectivity index is 3.41. The van der Waals surface area contributed by atoms with Gasteiger partial charge in [0, 0.05) is 19.7 Å². The molecule has 0 radical (unpaired) electrons. The summed E-state index contributed by atoms with van der Waals surface area (Å²) >= 11 is 0. The number of benzene rings is 1. The fourth-order valence-electron chi connectivity index (χ4n) is 2.01. The molecule has 1 rings (SSSR count). The summed E-state index contributed by atoms with van der Waals surface area (Å²) in [5.41, 5.74) is 8.58. The molecule has 0 heterocycles. The lowest BCUT2D eigenvalue weighted by Crippen LogP contribution is -2.33. The third kappa shape index (κ3) is 2.81. The van der Waals surface area contributed by atoms with Crippen molar-refractivity contribution < 1.29 is 14.3 Å². The zero-order chi connectivity index (χ0) is 14.7. The molecule has 1 atom stereocenters. The van der Waals surface area contributed by atoms with E-state index in [9.17, 15) is 4.79 Å². The van der Waals surface area contributed by atoms with Gasteiger partial charge in [-0.15, -0.1) is 0 Å². The number of hydrogen-bond acceptors (Lipinski definition) is 4. The van der Waals surface area contributed by atoms with E-state index in [0.717, 1.165) is 11.1 Å². The fourth-order valence-corrected chi connectivity index (χ4v) is 2.01. The van der Waals surface area contributed by atoms with Crippen LogP contribution in [0, 0.1) is 13.8 Å². The average molecular weight is 266 g/mol. The summed E-state index contributed by atoms with van der Waals surface area (Å²) in [5.74, 6) is 1.17. The van der Waals surface area contributed by atoms with Gasteiger partial charge in [0.05, 0.1) is 14.2 Å². The summed E-state index contributed by atoms with van der Waals surface area (Å²) in [5, 5.41) is 0. The molecule has 19 heavy (non-hydrogen) atoms. The standard InChI is InChI=1S/C14H22N2O3/c1-8-9(2)13(19-6)10(7-11(8)18-5)12(15)14(17)16(3)4/h7,12H,15H2,1-6H3. The van der Waals surface area contributed by atoms with Crippen LogP contribution in [0.15, 0.2) is 6.07 Å². The molecule has 0 aromatic heterocycles. The van der Waals surface area contributed by atoms with Crippen LogP contribution in [-0.4, -0.2) is 39.1 Å². The molecule has 2 N–H and O–H groups in total. The smallest absolute Gasteiger partial charge is 0.243 e. The average Bonchev–Trinajstić information content (AvgIpc) is 2.39. The van der Waals surface area contributed by atoms with Crippen molar-refractivity contribution in [3.05, 3.63) is 22.8 Å². The Morgan fingerprint density at radius 2 is 1.79 bits per heavy atom. The molecule has 0 aliphatic carbocycles. The van der Waals surface area contributed by atoms with E-state index in [0.29, 0.717) is 17.1 Å². The number of rotatable bonds is 4. The minimum Gasteiger partial charge on any atom is -0.496 e. The maximum atomic E-state index is 12.0. The van der Waals surface area contributed by atoms with Crippen LogP contribution in [0.2, 0.25) is 0 Å². The summed E-state index contributed by atoms with van der Waals surface area (Å²) in [6.07, 6.45) is 0. The number of methoxy groups -OCH3 is 2. The molecular weight excluding hydrogens is 244 g/mol. The zero-order valence-corrected chi connectivity index (χ0v) is 12.4. The number of nitrogens with zero attached hydrogens (tertiary/aromatic N) is 1. The Labute approximate surface area is 114 Å². The second kappa shape index (κ2) is 5.93. The summed E-state index contributed by atoms with van der Waals surface area (Å²) in [6.45, 7) is 3.87. The van der Waals surface area contributed by atoms with Crippen LogP contribution < -0.4 is 15.2 Å². The Hall–Kier alpha value is -1.75. The van der Waals surface area contributed by atoms with Crippen molar-refractivity contribution in [2.45, 2.75) is 19.9 Å². The number of carbonyl (C=O) groups is 1. The van der Waals surface area contributed by atoms with Crippen molar-refractivity contribution in [2.24, 2.45) is 5.73 Å². The minimum atomic E-state index is -0.766. The van der Waals surface area contributed by atoms with E-state index in [1.807, 2.05) is 13.8 Å². The largest absolute Gasteiger partial charge is 0.496 e. The molecule has 0 saturated heterocycles. The van der Waals surface area contributed by atoms with Gasteiger partial charge >= 0.3 is 0 Å². The van der Waals surface area contributed by atoms with Crippen molar-refractivity contribution in [1.29, 1.82) is 0 Å². The lowest BCUT2D eigenvalue weighted by Gasteiger charge is -2.22. The Bertz CT molecular complexity index is 484. The number of hydrogen-bond donors (Lipinski definition) is 1. The topological polar surface area (TPSA) is 64.8 Å². The highest BCUT2D eigenvalue weighted by Crippen LogP contribution is 2.36. The monoisotopic (exact) mass is 266 g/mol. The first-order valence-electron chi connectivity index (χ1n) is 6.03. The van der Waals surface area contributed by atoms with Gasteiger partial charge in [-0.1, -0.05) is 0 Å². The molecule has 5 heteroatoms. The minimum absolute atomic E-state index is 0.177. The highest BCUT2D eigenvalue weighted by atomic mass is 16.5. The highest BCUT2D eigenvalue weighted by molar-refractivity contribution is 5.84. The summed E-state index contributed by atoms with van der Waals surface area (Å²) in [7, 11) is 6.52. The maximum absolute atomic E-state index is 12.0. The van der Waals surface area contributed by atoms with Gasteiger partial charge < -0.3 is 20.1 Å². The van der Waals surface area contributed by atoms with Gasteiger partial charge in [-0.05, 0) is 31.0 Å². The lowest BCUT2D eigenvalue weighted by molar-refractivity contribution is -0.130. The van der Waals surface area contributed by atoms with Crippen LogP contribution in [-0.2, 0) is 4.79 Å². The Morgan fingerprint density at radius 1 is 1.21 bits per heavy atom. The van der Waals surface area contributed by atoms with E-state index < -0.39 is 6.04 Å². The fraction of sp³-hybridized carbons (Fsp3) is 0.500. The molecule has 1 aromatic carbocycles. The van der Waals surface area contributed by atoms with E-state index in [-0.39, 0.29) is 5.91 Å². The number of carbonyl (C=O) groups excluding carboxylic acids is 1. The third-order valence-corrected chi connectivity index (χ3v) is 3.29. The van der Waals surface area contributed by atoms with Crippen molar-refractivity contribution in [2.75, 3.05) is 28.3 Å². The zero-order valence-electron chi connectivity index (χ0n) is 12.4. The second-order valence-corrected chi connectivity index (χ2v) is 4.66. The van der Waals surface area contributed by atoms with E-state index in [1.54, 1.807) is 34.4 Å². The molecule has 106 valence electrons. The number of nitrogens with two attached hydrogens (primary N) is 1. The van der Waals surface area contributed by atoms with E-state index in [4.69, 9.17) is 15.2 Å². The molecule has 1 aromatic rings. The number of ether oxygens (including phenoxy) is 2. The van der Waals surface area contributed by atoms with E-state index >= 15 is 0 Å². The number of likely N-dealkylation sites (N-methyl/N-ethyl adjacent to an activating group) is 1. The molecule has 1 unspecified atom stereocenters. The van der Waals surface area contributed by atoms with Gasteiger partial charge in [-0.2, -0.15) is 0 Å². The summed E-state index contributed by atoms with van der Waals surface area (Å²) < 4.78 is 10.7. The van der Waals surface area contributed by atoms with Crippen molar-refractivity contribution in [3.8, 4) is 11.5 Å². The molecule has 0 aliphatic heterocycles. The Kier molecular flexibility index (Phi) is 4.78. The second-order valence-electron chi connectivity index (χ2n) is 4.66. The lowest BCUT2D eigenvalue weighted by atomic mass is 9.97. The van der Waals surface area contributed by atoms with Crippen LogP contribution in [0.4, 0.5) is 0 Å². The first kappa shape index (κ1) is 15.3. The molecule has 0 bridgehead atoms. The molecule has 0 spiro atoms. The van der Waals surface area contributed by atoms with Crippen LogP contribution in [0.25, 0.3) is 0 Å².